The van der Waals surface area contributed by atoms with Crippen LogP contribution < -0.4 is 0 Å². The second kappa shape index (κ2) is 5.97. The van der Waals surface area contributed by atoms with Crippen LogP contribution in [0.1, 0.15) is 18.9 Å². The third kappa shape index (κ3) is 3.20. The predicted octanol–water partition coefficient (Wildman–Crippen LogP) is 1.64. The second-order valence-electron chi connectivity index (χ2n) is 5.00. The molecule has 0 saturated carbocycles. The summed E-state index contributed by atoms with van der Waals surface area (Å²) in [6.45, 7) is 2.89. The van der Waals surface area contributed by atoms with Crippen molar-refractivity contribution in [2.75, 3.05) is 13.7 Å². The molecule has 0 radical (unpaired) electrons. The average molecular weight is 261 g/mol. The molecule has 1 saturated heterocycles. The highest BCUT2D eigenvalue weighted by molar-refractivity contribution is 5.82. The van der Waals surface area contributed by atoms with E-state index in [0.717, 1.165) is 5.56 Å². The zero-order valence-electron chi connectivity index (χ0n) is 11.3. The number of Topliss-reactive ketones (excluding diaryl/α,β-unsaturated/α-hetero) is 1. The fourth-order valence-corrected chi connectivity index (χ4v) is 2.57. The molecule has 1 fully saturated rings. The Bertz CT molecular complexity index is 458. The van der Waals surface area contributed by atoms with Crippen LogP contribution in [0.3, 0.4) is 0 Å². The van der Waals surface area contributed by atoms with Crippen LogP contribution in [0.2, 0.25) is 0 Å². The van der Waals surface area contributed by atoms with E-state index in [9.17, 15) is 9.59 Å². The fourth-order valence-electron chi connectivity index (χ4n) is 2.57. The molecular weight excluding hydrogens is 242 g/mol. The quantitative estimate of drug-likeness (QED) is 0.773. The number of rotatable bonds is 4. The van der Waals surface area contributed by atoms with E-state index < -0.39 is 0 Å². The number of benzene rings is 1. The van der Waals surface area contributed by atoms with Crippen molar-refractivity contribution in [3.05, 3.63) is 35.9 Å². The Labute approximate surface area is 113 Å². The molecule has 0 unspecified atom stereocenters. The Hall–Kier alpha value is -1.68. The number of esters is 1. The van der Waals surface area contributed by atoms with E-state index in [4.69, 9.17) is 4.74 Å². The zero-order chi connectivity index (χ0) is 13.8. The van der Waals surface area contributed by atoms with Crippen LogP contribution in [-0.2, 0) is 20.9 Å². The Morgan fingerprint density at radius 1 is 1.32 bits per heavy atom. The molecule has 1 heterocycles. The third-order valence-electron chi connectivity index (χ3n) is 3.68. The fraction of sp³-hybridized carbons (Fsp3) is 0.467. The van der Waals surface area contributed by atoms with Crippen LogP contribution in [0.4, 0.5) is 0 Å². The lowest BCUT2D eigenvalue weighted by molar-refractivity contribution is -0.146. The number of hydrogen-bond acceptors (Lipinski definition) is 4. The summed E-state index contributed by atoms with van der Waals surface area (Å²) in [4.78, 5) is 25.4. The van der Waals surface area contributed by atoms with Crippen LogP contribution in [0.5, 0.6) is 0 Å². The lowest BCUT2D eigenvalue weighted by atomic mass is 10.0. The maximum absolute atomic E-state index is 11.8. The van der Waals surface area contributed by atoms with Crippen molar-refractivity contribution in [1.82, 2.24) is 4.90 Å². The maximum Gasteiger partial charge on any atom is 0.323 e. The molecule has 1 aromatic carbocycles. The molecule has 102 valence electrons. The minimum Gasteiger partial charge on any atom is -0.468 e. The molecule has 1 aliphatic heterocycles. The molecule has 2 rings (SSSR count). The van der Waals surface area contributed by atoms with Crippen molar-refractivity contribution in [2.45, 2.75) is 25.9 Å². The molecule has 0 bridgehead atoms. The Morgan fingerprint density at radius 2 is 2.00 bits per heavy atom. The molecular formula is C15H19NO3. The topological polar surface area (TPSA) is 46.6 Å². The first-order chi connectivity index (χ1) is 9.11. The van der Waals surface area contributed by atoms with E-state index in [-0.39, 0.29) is 23.7 Å². The standard InChI is InChI=1S/C15H19NO3/c1-11(17)13-8-14(15(18)19-2)16(10-13)9-12-6-4-3-5-7-12/h3-7,13-14H,8-10H2,1-2H3/t13-,14-/m0/s1. The Kier molecular flexibility index (Phi) is 4.32. The molecule has 0 aliphatic carbocycles. The summed E-state index contributed by atoms with van der Waals surface area (Å²) in [5.74, 6) is -0.169. The Balaban J connectivity index is 2.11. The van der Waals surface area contributed by atoms with Gasteiger partial charge in [-0.15, -0.1) is 0 Å². The van der Waals surface area contributed by atoms with Crippen LogP contribution in [0.25, 0.3) is 0 Å². The van der Waals surface area contributed by atoms with Gasteiger partial charge in [-0.25, -0.2) is 0 Å². The van der Waals surface area contributed by atoms with Gasteiger partial charge < -0.3 is 4.74 Å². The lowest BCUT2D eigenvalue weighted by Gasteiger charge is -2.22. The molecule has 1 aromatic rings. The predicted molar refractivity (Wildman–Crippen MR) is 71.4 cm³/mol. The van der Waals surface area contributed by atoms with Crippen molar-refractivity contribution in [2.24, 2.45) is 5.92 Å². The number of nitrogens with zero attached hydrogens (tertiary/aromatic N) is 1. The monoisotopic (exact) mass is 261 g/mol. The van der Waals surface area contributed by atoms with E-state index in [2.05, 4.69) is 0 Å². The number of methoxy groups -OCH3 is 1. The van der Waals surface area contributed by atoms with Crippen molar-refractivity contribution in [1.29, 1.82) is 0 Å². The second-order valence-corrected chi connectivity index (χ2v) is 5.00. The number of carbonyl (C=O) groups excluding carboxylic acids is 2. The lowest BCUT2D eigenvalue weighted by Crippen LogP contribution is -2.36. The summed E-state index contributed by atoms with van der Waals surface area (Å²) in [7, 11) is 1.39. The highest BCUT2D eigenvalue weighted by Gasteiger charge is 2.39. The van der Waals surface area contributed by atoms with Gasteiger partial charge in [-0.1, -0.05) is 30.3 Å². The van der Waals surface area contributed by atoms with Gasteiger partial charge in [0.25, 0.3) is 0 Å². The number of hydrogen-bond donors (Lipinski definition) is 0. The summed E-state index contributed by atoms with van der Waals surface area (Å²) in [5.41, 5.74) is 1.14. The summed E-state index contributed by atoms with van der Waals surface area (Å²) in [5, 5.41) is 0. The van der Waals surface area contributed by atoms with E-state index >= 15 is 0 Å². The number of ketones is 1. The smallest absolute Gasteiger partial charge is 0.323 e. The molecule has 2 atom stereocenters. The van der Waals surface area contributed by atoms with Gasteiger partial charge in [-0.2, -0.15) is 0 Å². The third-order valence-corrected chi connectivity index (χ3v) is 3.68. The molecule has 4 heteroatoms. The molecule has 0 N–H and O–H groups in total. The maximum atomic E-state index is 11.8. The summed E-state index contributed by atoms with van der Waals surface area (Å²) in [6, 6.07) is 9.65. The van der Waals surface area contributed by atoms with Crippen molar-refractivity contribution in [3.8, 4) is 0 Å². The van der Waals surface area contributed by atoms with Gasteiger partial charge in [0, 0.05) is 19.0 Å². The summed E-state index contributed by atoms with van der Waals surface area (Å²) >= 11 is 0. The Morgan fingerprint density at radius 3 is 2.58 bits per heavy atom. The van der Waals surface area contributed by atoms with E-state index in [1.54, 1.807) is 6.92 Å². The number of likely N-dealkylation sites (tertiary alicyclic amines) is 1. The average Bonchev–Trinajstić information content (AvgIpc) is 2.83. The minimum absolute atomic E-state index is 0.0622. The van der Waals surface area contributed by atoms with E-state index in [1.165, 1.54) is 7.11 Å². The van der Waals surface area contributed by atoms with E-state index in [0.29, 0.717) is 19.5 Å². The van der Waals surface area contributed by atoms with Gasteiger partial charge in [0.05, 0.1) is 7.11 Å². The number of carbonyl (C=O) groups is 2. The van der Waals surface area contributed by atoms with Gasteiger partial charge in [0.2, 0.25) is 0 Å². The SMILES string of the molecule is COC(=O)[C@@H]1C[C@H](C(C)=O)CN1Cc1ccccc1. The van der Waals surface area contributed by atoms with Crippen molar-refractivity contribution >= 4 is 11.8 Å². The van der Waals surface area contributed by atoms with Crippen molar-refractivity contribution in [3.63, 3.8) is 0 Å². The normalized spacial score (nSPS) is 23.3. The van der Waals surface area contributed by atoms with E-state index in [1.807, 2.05) is 35.2 Å². The highest BCUT2D eigenvalue weighted by Crippen LogP contribution is 2.26. The first-order valence-electron chi connectivity index (χ1n) is 6.48. The van der Waals surface area contributed by atoms with Crippen LogP contribution in [-0.4, -0.2) is 36.3 Å². The van der Waals surface area contributed by atoms with Gasteiger partial charge in [0.15, 0.2) is 0 Å². The van der Waals surface area contributed by atoms with Crippen LogP contribution >= 0.6 is 0 Å². The zero-order valence-corrected chi connectivity index (χ0v) is 11.3. The van der Waals surface area contributed by atoms with Crippen LogP contribution in [0.15, 0.2) is 30.3 Å². The minimum atomic E-state index is -0.306. The van der Waals surface area contributed by atoms with Gasteiger partial charge in [-0.05, 0) is 18.9 Å². The molecule has 0 aromatic heterocycles. The summed E-state index contributed by atoms with van der Waals surface area (Å²) in [6.07, 6.45) is 0.564. The molecule has 1 aliphatic rings. The first-order valence-corrected chi connectivity index (χ1v) is 6.48. The first kappa shape index (κ1) is 13.7. The van der Waals surface area contributed by atoms with Gasteiger partial charge >= 0.3 is 5.97 Å². The molecule has 19 heavy (non-hydrogen) atoms. The van der Waals surface area contributed by atoms with Gasteiger partial charge in [-0.3, -0.25) is 14.5 Å². The molecule has 0 spiro atoms. The number of ether oxygens (including phenoxy) is 1. The highest BCUT2D eigenvalue weighted by atomic mass is 16.5. The van der Waals surface area contributed by atoms with Crippen LogP contribution in [0, 0.1) is 5.92 Å². The largest absolute Gasteiger partial charge is 0.468 e. The summed E-state index contributed by atoms with van der Waals surface area (Å²) < 4.78 is 4.84. The molecule has 0 amide bonds. The van der Waals surface area contributed by atoms with Gasteiger partial charge in [0.1, 0.15) is 11.8 Å². The molecule has 4 nitrogen and oxygen atoms in total. The van der Waals surface area contributed by atoms with Crippen molar-refractivity contribution < 1.29 is 14.3 Å².